The van der Waals surface area contributed by atoms with E-state index >= 15 is 0 Å². The second-order valence-electron chi connectivity index (χ2n) is 7.84. The molecule has 4 atom stereocenters. The zero-order chi connectivity index (χ0) is 17.6. The van der Waals surface area contributed by atoms with Crippen LogP contribution in [0.25, 0.3) is 0 Å². The molecule has 0 amide bonds. The van der Waals surface area contributed by atoms with E-state index in [1.807, 2.05) is 0 Å². The molecule has 1 aromatic rings. The quantitative estimate of drug-likeness (QED) is 0.727. The first-order chi connectivity index (χ1) is 12.1. The second-order valence-corrected chi connectivity index (χ2v) is 7.84. The summed E-state index contributed by atoms with van der Waals surface area (Å²) < 4.78 is 11.1. The summed E-state index contributed by atoms with van der Waals surface area (Å²) in [5.74, 6) is 4.32. The summed E-state index contributed by atoms with van der Waals surface area (Å²) >= 11 is 0. The smallest absolute Gasteiger partial charge is 0.307 e. The summed E-state index contributed by atoms with van der Waals surface area (Å²) in [5.41, 5.74) is 4.39. The van der Waals surface area contributed by atoms with Crippen molar-refractivity contribution in [3.8, 4) is 5.75 Å². The SMILES string of the molecule is CCC1=C(OC(C)=O)[C@H]2CC[C@@H]3c4ccc(OC)cc4CC[C@H]3[C@@H]2C1. The van der Waals surface area contributed by atoms with Crippen molar-refractivity contribution in [2.45, 2.75) is 58.3 Å². The van der Waals surface area contributed by atoms with E-state index in [0.29, 0.717) is 23.7 Å². The topological polar surface area (TPSA) is 35.5 Å². The molecule has 1 fully saturated rings. The van der Waals surface area contributed by atoms with Crippen molar-refractivity contribution in [2.24, 2.45) is 17.8 Å². The second kappa shape index (κ2) is 6.51. The third kappa shape index (κ3) is 2.78. The van der Waals surface area contributed by atoms with Crippen LogP contribution in [0.15, 0.2) is 29.5 Å². The van der Waals surface area contributed by atoms with Crippen LogP contribution in [0, 0.1) is 17.8 Å². The maximum atomic E-state index is 11.6. The predicted octanol–water partition coefficient (Wildman–Crippen LogP) is 5.00. The molecule has 25 heavy (non-hydrogen) atoms. The molecule has 134 valence electrons. The summed E-state index contributed by atoms with van der Waals surface area (Å²) in [5, 5.41) is 0. The Labute approximate surface area is 150 Å². The Hall–Kier alpha value is -1.77. The Bertz CT molecular complexity index is 718. The number of benzene rings is 1. The van der Waals surface area contributed by atoms with Crippen molar-refractivity contribution in [2.75, 3.05) is 7.11 Å². The summed E-state index contributed by atoms with van der Waals surface area (Å²) in [6, 6.07) is 6.63. The minimum atomic E-state index is -0.162. The van der Waals surface area contributed by atoms with Crippen LogP contribution in [0.4, 0.5) is 0 Å². The molecule has 1 aromatic carbocycles. The van der Waals surface area contributed by atoms with E-state index < -0.39 is 0 Å². The standard InChI is InChI=1S/C22H28O3/c1-4-14-12-21-19-7-5-15-11-16(24-3)6-8-17(15)18(19)9-10-20(21)22(14)25-13(2)23/h6,8,11,18-21H,4-5,7,9-10,12H2,1-3H3/t18-,19-,20+,21+/m1/s1. The molecule has 3 nitrogen and oxygen atoms in total. The van der Waals surface area contributed by atoms with Gasteiger partial charge >= 0.3 is 5.97 Å². The third-order valence-corrected chi connectivity index (χ3v) is 6.72. The molecule has 0 spiro atoms. The van der Waals surface area contributed by atoms with Crippen molar-refractivity contribution in [1.29, 1.82) is 0 Å². The number of hydrogen-bond acceptors (Lipinski definition) is 3. The highest BCUT2D eigenvalue weighted by Gasteiger charge is 2.48. The van der Waals surface area contributed by atoms with Crippen molar-refractivity contribution < 1.29 is 14.3 Å². The van der Waals surface area contributed by atoms with Crippen molar-refractivity contribution >= 4 is 5.97 Å². The molecule has 0 saturated heterocycles. The minimum Gasteiger partial charge on any atom is -0.497 e. The zero-order valence-electron chi connectivity index (χ0n) is 15.5. The van der Waals surface area contributed by atoms with Gasteiger partial charge in [0.15, 0.2) is 0 Å². The zero-order valence-corrected chi connectivity index (χ0v) is 15.5. The first-order valence-corrected chi connectivity index (χ1v) is 9.69. The maximum absolute atomic E-state index is 11.6. The maximum Gasteiger partial charge on any atom is 0.307 e. The van der Waals surface area contributed by atoms with Crippen LogP contribution < -0.4 is 4.74 Å². The molecule has 4 rings (SSSR count). The Morgan fingerprint density at radius 1 is 1.16 bits per heavy atom. The van der Waals surface area contributed by atoms with Crippen LogP contribution in [0.2, 0.25) is 0 Å². The molecule has 0 bridgehead atoms. The van der Waals surface area contributed by atoms with E-state index in [4.69, 9.17) is 9.47 Å². The fraction of sp³-hybridized carbons (Fsp3) is 0.591. The van der Waals surface area contributed by atoms with E-state index in [2.05, 4.69) is 25.1 Å². The largest absolute Gasteiger partial charge is 0.497 e. The molecule has 3 aliphatic carbocycles. The molecule has 0 unspecified atom stereocenters. The monoisotopic (exact) mass is 340 g/mol. The Morgan fingerprint density at radius 2 is 1.96 bits per heavy atom. The van der Waals surface area contributed by atoms with Gasteiger partial charge in [0.25, 0.3) is 0 Å². The van der Waals surface area contributed by atoms with Gasteiger partial charge in [-0.1, -0.05) is 13.0 Å². The lowest BCUT2D eigenvalue weighted by atomic mass is 9.60. The first-order valence-electron chi connectivity index (χ1n) is 9.69. The number of hydrogen-bond donors (Lipinski definition) is 0. The number of carbonyl (C=O) groups is 1. The van der Waals surface area contributed by atoms with Crippen LogP contribution in [0.1, 0.15) is 63.0 Å². The van der Waals surface area contributed by atoms with E-state index in [1.54, 1.807) is 7.11 Å². The lowest BCUT2D eigenvalue weighted by Gasteiger charge is -2.44. The summed E-state index contributed by atoms with van der Waals surface area (Å²) in [6.07, 6.45) is 6.85. The van der Waals surface area contributed by atoms with Crippen molar-refractivity contribution in [1.82, 2.24) is 0 Å². The highest BCUT2D eigenvalue weighted by molar-refractivity contribution is 5.67. The van der Waals surface area contributed by atoms with Crippen LogP contribution in [-0.4, -0.2) is 13.1 Å². The van der Waals surface area contributed by atoms with E-state index in [0.717, 1.165) is 37.2 Å². The van der Waals surface area contributed by atoms with Gasteiger partial charge in [-0.2, -0.15) is 0 Å². The average Bonchev–Trinajstić information content (AvgIpc) is 2.98. The van der Waals surface area contributed by atoms with Gasteiger partial charge in [-0.3, -0.25) is 4.79 Å². The normalized spacial score (nSPS) is 30.4. The number of carbonyl (C=O) groups excluding carboxylic acids is 1. The molecule has 0 heterocycles. The molecule has 0 N–H and O–H groups in total. The number of methoxy groups -OCH3 is 1. The summed E-state index contributed by atoms with van der Waals surface area (Å²) in [6.45, 7) is 3.72. The van der Waals surface area contributed by atoms with Gasteiger partial charge in [-0.25, -0.2) is 0 Å². The third-order valence-electron chi connectivity index (χ3n) is 6.72. The van der Waals surface area contributed by atoms with Crippen molar-refractivity contribution in [3.05, 3.63) is 40.7 Å². The highest BCUT2D eigenvalue weighted by Crippen LogP contribution is 2.57. The highest BCUT2D eigenvalue weighted by atomic mass is 16.5. The van der Waals surface area contributed by atoms with E-state index in [1.165, 1.54) is 36.5 Å². The van der Waals surface area contributed by atoms with Crippen LogP contribution in [-0.2, 0) is 16.0 Å². The van der Waals surface area contributed by atoms with Gasteiger partial charge < -0.3 is 9.47 Å². The first kappa shape index (κ1) is 16.7. The molecule has 3 heteroatoms. The molecule has 0 radical (unpaired) electrons. The van der Waals surface area contributed by atoms with Gasteiger partial charge in [0.05, 0.1) is 7.11 Å². The van der Waals surface area contributed by atoms with E-state index in [9.17, 15) is 4.79 Å². The average molecular weight is 340 g/mol. The van der Waals surface area contributed by atoms with Crippen LogP contribution in [0.3, 0.4) is 0 Å². The van der Waals surface area contributed by atoms with Gasteiger partial charge in [0.1, 0.15) is 11.5 Å². The van der Waals surface area contributed by atoms with Gasteiger partial charge in [-0.15, -0.1) is 0 Å². The summed E-state index contributed by atoms with van der Waals surface area (Å²) in [7, 11) is 1.74. The van der Waals surface area contributed by atoms with Gasteiger partial charge in [0.2, 0.25) is 0 Å². The molecular formula is C22H28O3. The van der Waals surface area contributed by atoms with Crippen LogP contribution in [0.5, 0.6) is 5.75 Å². The predicted molar refractivity (Wildman–Crippen MR) is 97.5 cm³/mol. The summed E-state index contributed by atoms with van der Waals surface area (Å²) in [4.78, 5) is 11.6. The molecule has 0 aliphatic heterocycles. The lowest BCUT2D eigenvalue weighted by molar-refractivity contribution is -0.138. The number of rotatable bonds is 3. The molecule has 3 aliphatic rings. The number of allylic oxidation sites excluding steroid dienone is 2. The van der Waals surface area contributed by atoms with Crippen LogP contribution >= 0.6 is 0 Å². The number of fused-ring (bicyclic) bond motifs is 5. The Balaban J connectivity index is 1.61. The van der Waals surface area contributed by atoms with E-state index in [-0.39, 0.29) is 5.97 Å². The van der Waals surface area contributed by atoms with Gasteiger partial charge in [-0.05, 0) is 85.1 Å². The molecular weight excluding hydrogens is 312 g/mol. The fourth-order valence-electron chi connectivity index (χ4n) is 5.68. The molecule has 1 saturated carbocycles. The molecule has 0 aromatic heterocycles. The van der Waals surface area contributed by atoms with Gasteiger partial charge in [0, 0.05) is 12.8 Å². The van der Waals surface area contributed by atoms with Crippen molar-refractivity contribution in [3.63, 3.8) is 0 Å². The number of aryl methyl sites for hydroxylation is 1. The Kier molecular flexibility index (Phi) is 4.35. The minimum absolute atomic E-state index is 0.162. The fourth-order valence-corrected chi connectivity index (χ4v) is 5.68. The lowest BCUT2D eigenvalue weighted by Crippen LogP contribution is -2.35. The Morgan fingerprint density at radius 3 is 2.68 bits per heavy atom. The number of ether oxygens (including phenoxy) is 2. The number of esters is 1.